The Hall–Kier alpha value is -0.670. The highest BCUT2D eigenvalue weighted by Gasteiger charge is 2.68. The van der Waals surface area contributed by atoms with Crippen molar-refractivity contribution in [1.82, 2.24) is 0 Å². The lowest BCUT2D eigenvalue weighted by molar-refractivity contribution is -0.233. The van der Waals surface area contributed by atoms with Gasteiger partial charge in [0.05, 0.1) is 13.0 Å². The largest absolute Gasteiger partial charge is 0.469 e. The second kappa shape index (κ2) is 10.9. The quantitative estimate of drug-likeness (QED) is 0.385. The number of esters is 1. The number of hydrogen-bond acceptors (Lipinski definition) is 2. The van der Waals surface area contributed by atoms with Gasteiger partial charge in [-0.05, 0) is 78.9 Å². The minimum atomic E-state index is -2.54. The van der Waals surface area contributed by atoms with Gasteiger partial charge in [-0.3, -0.25) is 4.79 Å². The molecule has 2 nitrogen and oxygen atoms in total. The highest BCUT2D eigenvalue weighted by Crippen LogP contribution is 2.71. The van der Waals surface area contributed by atoms with Gasteiger partial charge in [0.2, 0.25) is 0 Å². The molecule has 33 heavy (non-hydrogen) atoms. The third-order valence-corrected chi connectivity index (χ3v) is 10.6. The molecule has 194 valence electrons. The number of ether oxygens (including phenoxy) is 1. The van der Waals surface area contributed by atoms with E-state index in [2.05, 4.69) is 20.8 Å². The van der Waals surface area contributed by atoms with Gasteiger partial charge in [0, 0.05) is 12.3 Å². The third kappa shape index (κ3) is 4.75. The second-order valence-corrected chi connectivity index (χ2v) is 11.6. The van der Waals surface area contributed by atoms with Crippen molar-refractivity contribution in [2.45, 2.75) is 119 Å². The van der Waals surface area contributed by atoms with E-state index in [4.69, 9.17) is 4.74 Å². The molecule has 4 heteroatoms. The first-order valence-corrected chi connectivity index (χ1v) is 14.0. The number of hydrogen-bond donors (Lipinski definition) is 0. The lowest BCUT2D eigenvalue weighted by Gasteiger charge is -2.62. The minimum Gasteiger partial charge on any atom is -0.469 e. The second-order valence-electron chi connectivity index (χ2n) is 11.6. The normalized spacial score (nSPS) is 42.6. The fourth-order valence-electron chi connectivity index (χ4n) is 8.84. The number of rotatable bonds is 3. The maximum atomic E-state index is 15.7. The zero-order chi connectivity index (χ0) is 25.2. The van der Waals surface area contributed by atoms with Crippen LogP contribution in [-0.2, 0) is 9.53 Å². The first-order chi connectivity index (χ1) is 15.6. The molecule has 0 bridgehead atoms. The van der Waals surface area contributed by atoms with Crippen LogP contribution in [0.5, 0.6) is 0 Å². The zero-order valence-corrected chi connectivity index (χ0v) is 23.0. The summed E-state index contributed by atoms with van der Waals surface area (Å²) in [5.74, 6) is -2.39. The van der Waals surface area contributed by atoms with Crippen molar-refractivity contribution in [3.63, 3.8) is 0 Å². The van der Waals surface area contributed by atoms with Crippen LogP contribution in [0.15, 0.2) is 0 Å². The summed E-state index contributed by atoms with van der Waals surface area (Å²) >= 11 is 0. The first-order valence-electron chi connectivity index (χ1n) is 14.0. The summed E-state index contributed by atoms with van der Waals surface area (Å²) < 4.78 is 36.4. The fraction of sp³-hybridized carbons (Fsp3) is 0.966. The molecule has 4 fully saturated rings. The Kier molecular flexibility index (Phi) is 9.47. The number of carbonyl (C=O) groups excluding carboxylic acids is 1. The van der Waals surface area contributed by atoms with E-state index in [1.807, 2.05) is 34.6 Å². The van der Waals surface area contributed by atoms with E-state index in [0.29, 0.717) is 5.92 Å². The van der Waals surface area contributed by atoms with Crippen LogP contribution in [0.4, 0.5) is 8.78 Å². The maximum absolute atomic E-state index is 15.7. The molecule has 0 saturated heterocycles. The number of halogens is 2. The molecule has 4 aliphatic carbocycles. The van der Waals surface area contributed by atoms with E-state index in [1.165, 1.54) is 13.5 Å². The predicted octanol–water partition coefficient (Wildman–Crippen LogP) is 8.78. The fourth-order valence-corrected chi connectivity index (χ4v) is 8.84. The molecule has 4 saturated carbocycles. The summed E-state index contributed by atoms with van der Waals surface area (Å²) in [5, 5.41) is 0. The van der Waals surface area contributed by atoms with Crippen LogP contribution in [-0.4, -0.2) is 19.0 Å². The number of carbonyl (C=O) groups is 1. The van der Waals surface area contributed by atoms with Gasteiger partial charge in [0.15, 0.2) is 0 Å². The van der Waals surface area contributed by atoms with Gasteiger partial charge in [0.1, 0.15) is 0 Å². The summed E-state index contributed by atoms with van der Waals surface area (Å²) in [6.07, 6.45) is 8.43. The van der Waals surface area contributed by atoms with Crippen LogP contribution in [0.1, 0.15) is 113 Å². The minimum absolute atomic E-state index is 0.0792. The van der Waals surface area contributed by atoms with E-state index in [0.717, 1.165) is 44.9 Å². The Morgan fingerprint density at radius 2 is 1.48 bits per heavy atom. The van der Waals surface area contributed by atoms with Crippen LogP contribution < -0.4 is 0 Å². The van der Waals surface area contributed by atoms with Gasteiger partial charge in [-0.25, -0.2) is 8.78 Å². The number of fused-ring (bicyclic) bond motifs is 5. The van der Waals surface area contributed by atoms with Gasteiger partial charge in [0.25, 0.3) is 5.92 Å². The van der Waals surface area contributed by atoms with Gasteiger partial charge < -0.3 is 4.74 Å². The molecular formula is C29H52F2O2. The van der Waals surface area contributed by atoms with Crippen molar-refractivity contribution in [3.8, 4) is 0 Å². The van der Waals surface area contributed by atoms with Gasteiger partial charge >= 0.3 is 5.97 Å². The van der Waals surface area contributed by atoms with Crippen molar-refractivity contribution >= 4 is 5.97 Å². The molecule has 0 aliphatic heterocycles. The lowest BCUT2D eigenvalue weighted by Crippen LogP contribution is -2.60. The average Bonchev–Trinajstić information content (AvgIpc) is 3.17. The average molecular weight is 471 g/mol. The third-order valence-electron chi connectivity index (χ3n) is 10.6. The molecule has 0 aromatic heterocycles. The number of methoxy groups -OCH3 is 1. The Labute approximate surface area is 203 Å². The molecule has 0 aromatic rings. The summed E-state index contributed by atoms with van der Waals surface area (Å²) in [6, 6.07) is 0. The molecular weight excluding hydrogens is 418 g/mol. The molecule has 0 aromatic carbocycles. The number of alkyl halides is 2. The van der Waals surface area contributed by atoms with Crippen molar-refractivity contribution < 1.29 is 18.3 Å². The van der Waals surface area contributed by atoms with Crippen LogP contribution in [0, 0.1) is 52.3 Å². The topological polar surface area (TPSA) is 26.3 Å². The van der Waals surface area contributed by atoms with Crippen molar-refractivity contribution in [2.24, 2.45) is 52.3 Å². The SMILES string of the molecule is CC.CC.COC(=O)C(C)[C@@H](C)C1CCC2C3C(CCC21C)C1(C)CCCCC1CC3(F)F. The summed E-state index contributed by atoms with van der Waals surface area (Å²) in [4.78, 5) is 12.2. The molecule has 9 atom stereocenters. The van der Waals surface area contributed by atoms with Crippen LogP contribution in [0.25, 0.3) is 0 Å². The Bertz CT molecular complexity index is 650. The van der Waals surface area contributed by atoms with Crippen LogP contribution >= 0.6 is 0 Å². The zero-order valence-electron chi connectivity index (χ0n) is 23.0. The smallest absolute Gasteiger partial charge is 0.308 e. The molecule has 0 N–H and O–H groups in total. The van der Waals surface area contributed by atoms with E-state index >= 15 is 8.78 Å². The Morgan fingerprint density at radius 1 is 0.879 bits per heavy atom. The van der Waals surface area contributed by atoms with Gasteiger partial charge in [-0.2, -0.15) is 0 Å². The monoisotopic (exact) mass is 470 g/mol. The van der Waals surface area contributed by atoms with E-state index in [9.17, 15) is 4.79 Å². The maximum Gasteiger partial charge on any atom is 0.308 e. The molecule has 8 unspecified atom stereocenters. The Morgan fingerprint density at radius 3 is 2.09 bits per heavy atom. The highest BCUT2D eigenvalue weighted by molar-refractivity contribution is 5.72. The lowest BCUT2D eigenvalue weighted by atomic mass is 9.43. The summed E-state index contributed by atoms with van der Waals surface area (Å²) in [7, 11) is 1.44. The molecule has 0 radical (unpaired) electrons. The molecule has 4 rings (SSSR count). The van der Waals surface area contributed by atoms with Gasteiger partial charge in [-0.15, -0.1) is 0 Å². The van der Waals surface area contributed by atoms with E-state index < -0.39 is 11.8 Å². The van der Waals surface area contributed by atoms with Gasteiger partial charge in [-0.1, -0.05) is 68.2 Å². The summed E-state index contributed by atoms with van der Waals surface area (Å²) in [5.41, 5.74) is 0.0269. The van der Waals surface area contributed by atoms with Crippen molar-refractivity contribution in [3.05, 3.63) is 0 Å². The Balaban J connectivity index is 0.000000914. The molecule has 4 aliphatic rings. The molecule has 0 amide bonds. The highest BCUT2D eigenvalue weighted by atomic mass is 19.3. The standard InChI is InChI=1S/C25H40F2O2.2C2H6/c1-15(16(2)22(28)29-5)18-9-10-19-21-20(11-13-24(18,19)4)23(3)12-7-6-8-17(23)14-25(21,26)27;2*1-2/h15-21H,6-14H2,1-5H3;2*1-2H3/t15-,16?,17?,18?,19?,20?,21?,23?,24?;;/m1../s1. The predicted molar refractivity (Wildman–Crippen MR) is 133 cm³/mol. The van der Waals surface area contributed by atoms with E-state index in [-0.39, 0.29) is 52.8 Å². The molecule has 0 spiro atoms. The molecule has 0 heterocycles. The summed E-state index contributed by atoms with van der Waals surface area (Å²) in [6.45, 7) is 16.7. The van der Waals surface area contributed by atoms with Crippen molar-refractivity contribution in [2.75, 3.05) is 7.11 Å². The first kappa shape index (κ1) is 28.6. The van der Waals surface area contributed by atoms with Crippen LogP contribution in [0.3, 0.4) is 0 Å². The van der Waals surface area contributed by atoms with E-state index in [1.54, 1.807) is 0 Å². The van der Waals surface area contributed by atoms with Crippen molar-refractivity contribution in [1.29, 1.82) is 0 Å². The van der Waals surface area contributed by atoms with Crippen LogP contribution in [0.2, 0.25) is 0 Å².